The maximum atomic E-state index is 14.1. The van der Waals surface area contributed by atoms with Crippen LogP contribution in [0.4, 0.5) is 4.39 Å². The lowest BCUT2D eigenvalue weighted by Crippen LogP contribution is -2.05. The van der Waals surface area contributed by atoms with Crippen LogP contribution in [0.1, 0.15) is 33.6 Å². The highest BCUT2D eigenvalue weighted by atomic mass is 35.5. The number of nitrogens with zero attached hydrogens (tertiary/aromatic N) is 1. The third kappa shape index (κ3) is 2.59. The molecule has 2 aromatic carbocycles. The predicted octanol–water partition coefficient (Wildman–Crippen LogP) is 5.21. The highest BCUT2D eigenvalue weighted by Gasteiger charge is 2.26. The third-order valence-electron chi connectivity index (χ3n) is 4.47. The number of allylic oxidation sites excluding steroid dienone is 1. The Kier molecular flexibility index (Phi) is 3.77. The van der Waals surface area contributed by atoms with E-state index < -0.39 is 11.8 Å². The number of benzene rings is 2. The number of aromatic carboxylic acids is 1. The quantitative estimate of drug-likeness (QED) is 0.687. The Morgan fingerprint density at radius 3 is 2.72 bits per heavy atom. The van der Waals surface area contributed by atoms with Crippen LogP contribution in [0.5, 0.6) is 0 Å². The van der Waals surface area contributed by atoms with Crippen LogP contribution in [-0.2, 0) is 6.42 Å². The normalized spacial score (nSPS) is 14.9. The number of para-hydroxylation sites is 1. The lowest BCUT2D eigenvalue weighted by molar-refractivity contribution is 0.0698. The summed E-state index contributed by atoms with van der Waals surface area (Å²) in [5.74, 6) is -1.38. The Morgan fingerprint density at radius 1 is 1.16 bits per heavy atom. The first-order valence-electron chi connectivity index (χ1n) is 7.86. The molecule has 5 heteroatoms. The fourth-order valence-electron chi connectivity index (χ4n) is 3.35. The standard InChI is InChI=1S/C20H13ClFNO2/c21-15-5-3-6-16(22)14(15)10-11-8-9-13-18(20(24)25)12-4-1-2-7-17(12)23-19(11)13/h1-7,10H,8-9H2,(H,24,25)/b11-10-. The van der Waals surface area contributed by atoms with Gasteiger partial charge in [0.1, 0.15) is 5.82 Å². The monoisotopic (exact) mass is 353 g/mol. The van der Waals surface area contributed by atoms with Crippen molar-refractivity contribution in [1.29, 1.82) is 0 Å². The molecule has 1 aliphatic rings. The summed E-state index contributed by atoms with van der Waals surface area (Å²) in [6, 6.07) is 11.7. The van der Waals surface area contributed by atoms with Gasteiger partial charge in [0.2, 0.25) is 0 Å². The molecule has 3 nitrogen and oxygen atoms in total. The molecule has 1 aromatic heterocycles. The minimum absolute atomic E-state index is 0.281. The molecule has 0 spiro atoms. The van der Waals surface area contributed by atoms with Gasteiger partial charge in [0, 0.05) is 10.9 Å². The molecule has 0 unspecified atom stereocenters. The summed E-state index contributed by atoms with van der Waals surface area (Å²) in [4.78, 5) is 16.5. The molecule has 0 saturated carbocycles. The number of hydrogen-bond donors (Lipinski definition) is 1. The van der Waals surface area contributed by atoms with E-state index in [1.807, 2.05) is 6.07 Å². The number of aromatic nitrogens is 1. The molecule has 3 aromatic rings. The maximum absolute atomic E-state index is 14.1. The number of fused-ring (bicyclic) bond motifs is 2. The molecule has 0 saturated heterocycles. The van der Waals surface area contributed by atoms with Gasteiger partial charge in [-0.3, -0.25) is 0 Å². The largest absolute Gasteiger partial charge is 0.478 e. The van der Waals surface area contributed by atoms with Crippen LogP contribution in [0, 0.1) is 5.82 Å². The van der Waals surface area contributed by atoms with Gasteiger partial charge in [0.05, 0.1) is 21.8 Å². The van der Waals surface area contributed by atoms with Crippen LogP contribution in [0.15, 0.2) is 42.5 Å². The van der Waals surface area contributed by atoms with Crippen LogP contribution < -0.4 is 0 Å². The van der Waals surface area contributed by atoms with Crippen molar-refractivity contribution in [2.45, 2.75) is 12.8 Å². The summed E-state index contributed by atoms with van der Waals surface area (Å²) >= 11 is 6.11. The Balaban J connectivity index is 1.97. The SMILES string of the molecule is O=C(O)c1c2c(nc3ccccc13)/C(=C\c1c(F)cccc1Cl)CC2. The molecule has 0 amide bonds. The van der Waals surface area contributed by atoms with Crippen molar-refractivity contribution >= 4 is 40.1 Å². The van der Waals surface area contributed by atoms with Crippen LogP contribution in [0.25, 0.3) is 22.6 Å². The maximum Gasteiger partial charge on any atom is 0.336 e. The van der Waals surface area contributed by atoms with Gasteiger partial charge >= 0.3 is 5.97 Å². The molecule has 0 fully saturated rings. The van der Waals surface area contributed by atoms with Crippen LogP contribution >= 0.6 is 11.6 Å². The predicted molar refractivity (Wildman–Crippen MR) is 96.3 cm³/mol. The zero-order valence-corrected chi connectivity index (χ0v) is 13.8. The molecule has 4 rings (SSSR count). The van der Waals surface area contributed by atoms with Gasteiger partial charge < -0.3 is 5.11 Å². The van der Waals surface area contributed by atoms with Crippen molar-refractivity contribution < 1.29 is 14.3 Å². The van der Waals surface area contributed by atoms with Crippen molar-refractivity contribution in [3.8, 4) is 0 Å². The van der Waals surface area contributed by atoms with E-state index in [2.05, 4.69) is 4.98 Å². The molecule has 0 radical (unpaired) electrons. The van der Waals surface area contributed by atoms with E-state index in [4.69, 9.17) is 11.6 Å². The highest BCUT2D eigenvalue weighted by molar-refractivity contribution is 6.32. The van der Waals surface area contributed by atoms with E-state index in [-0.39, 0.29) is 5.56 Å². The average molecular weight is 354 g/mol. The lowest BCUT2D eigenvalue weighted by atomic mass is 10.0. The number of hydrogen-bond acceptors (Lipinski definition) is 2. The zero-order chi connectivity index (χ0) is 17.6. The number of carboxylic acid groups (broad SMARTS) is 1. The molecule has 1 heterocycles. The summed E-state index contributed by atoms with van der Waals surface area (Å²) in [7, 11) is 0. The minimum Gasteiger partial charge on any atom is -0.478 e. The van der Waals surface area contributed by atoms with Gasteiger partial charge in [0.25, 0.3) is 0 Å². The number of carboxylic acids is 1. The van der Waals surface area contributed by atoms with E-state index in [1.165, 1.54) is 6.07 Å². The number of carbonyl (C=O) groups is 1. The molecule has 0 aliphatic heterocycles. The molecule has 124 valence electrons. The van der Waals surface area contributed by atoms with Crippen LogP contribution in [0.2, 0.25) is 5.02 Å². The summed E-state index contributed by atoms with van der Waals surface area (Å²) < 4.78 is 14.1. The first kappa shape index (κ1) is 15.8. The van der Waals surface area contributed by atoms with E-state index in [0.29, 0.717) is 45.6 Å². The topological polar surface area (TPSA) is 50.2 Å². The van der Waals surface area contributed by atoms with E-state index in [1.54, 1.807) is 36.4 Å². The van der Waals surface area contributed by atoms with Gasteiger partial charge in [-0.2, -0.15) is 0 Å². The van der Waals surface area contributed by atoms with Crippen LogP contribution in [0.3, 0.4) is 0 Å². The Morgan fingerprint density at radius 2 is 1.96 bits per heavy atom. The lowest BCUT2D eigenvalue weighted by Gasteiger charge is -2.09. The average Bonchev–Trinajstić information content (AvgIpc) is 2.98. The molecule has 0 atom stereocenters. The van der Waals surface area contributed by atoms with Crippen LogP contribution in [-0.4, -0.2) is 16.1 Å². The summed E-state index contributed by atoms with van der Waals surface area (Å²) in [5.41, 5.74) is 3.32. The number of halogens is 2. The zero-order valence-electron chi connectivity index (χ0n) is 13.1. The first-order valence-corrected chi connectivity index (χ1v) is 8.24. The summed E-state index contributed by atoms with van der Waals surface area (Å²) in [6.07, 6.45) is 2.84. The van der Waals surface area contributed by atoms with Gasteiger partial charge in [-0.15, -0.1) is 0 Å². The third-order valence-corrected chi connectivity index (χ3v) is 4.80. The Bertz CT molecular complexity index is 1040. The first-order chi connectivity index (χ1) is 12.1. The van der Waals surface area contributed by atoms with E-state index in [0.717, 1.165) is 5.57 Å². The van der Waals surface area contributed by atoms with Gasteiger partial charge in [-0.05, 0) is 48.3 Å². The molecule has 0 bridgehead atoms. The fourth-order valence-corrected chi connectivity index (χ4v) is 3.56. The second-order valence-corrected chi connectivity index (χ2v) is 6.35. The molecular formula is C20H13ClFNO2. The fraction of sp³-hybridized carbons (Fsp3) is 0.100. The van der Waals surface area contributed by atoms with Crippen molar-refractivity contribution in [3.63, 3.8) is 0 Å². The molecule has 1 aliphatic carbocycles. The minimum atomic E-state index is -0.972. The Labute approximate surface area is 148 Å². The summed E-state index contributed by atoms with van der Waals surface area (Å²) in [6.45, 7) is 0. The molecule has 25 heavy (non-hydrogen) atoms. The van der Waals surface area contributed by atoms with Crippen molar-refractivity contribution in [3.05, 3.63) is 75.7 Å². The molecular weight excluding hydrogens is 341 g/mol. The van der Waals surface area contributed by atoms with Crippen molar-refractivity contribution in [2.75, 3.05) is 0 Å². The van der Waals surface area contributed by atoms with Crippen molar-refractivity contribution in [1.82, 2.24) is 4.98 Å². The molecule has 1 N–H and O–H groups in total. The van der Waals surface area contributed by atoms with Crippen molar-refractivity contribution in [2.24, 2.45) is 0 Å². The number of pyridine rings is 1. The number of rotatable bonds is 2. The highest BCUT2D eigenvalue weighted by Crippen LogP contribution is 2.38. The summed E-state index contributed by atoms with van der Waals surface area (Å²) in [5, 5.41) is 10.6. The smallest absolute Gasteiger partial charge is 0.336 e. The van der Waals surface area contributed by atoms with Gasteiger partial charge in [-0.1, -0.05) is 35.9 Å². The second kappa shape index (κ2) is 5.97. The van der Waals surface area contributed by atoms with Gasteiger partial charge in [-0.25, -0.2) is 14.2 Å². The van der Waals surface area contributed by atoms with E-state index >= 15 is 0 Å². The van der Waals surface area contributed by atoms with Gasteiger partial charge in [0.15, 0.2) is 0 Å². The van der Waals surface area contributed by atoms with E-state index in [9.17, 15) is 14.3 Å². The second-order valence-electron chi connectivity index (χ2n) is 5.94. The Hall–Kier alpha value is -2.72.